The molecule has 6 rings (SSSR count). The number of aromatic amines is 1. The zero-order valence-electron chi connectivity index (χ0n) is 20.1. The lowest BCUT2D eigenvalue weighted by Gasteiger charge is -2.15. The maximum absolute atomic E-state index is 13.3. The number of nitrogens with one attached hydrogen (secondary N) is 1. The Labute approximate surface area is 229 Å². The summed E-state index contributed by atoms with van der Waals surface area (Å²) in [5.41, 5.74) is 4.66. The molecule has 0 saturated heterocycles. The van der Waals surface area contributed by atoms with Gasteiger partial charge in [0.1, 0.15) is 12.2 Å². The second-order valence-electron chi connectivity index (χ2n) is 8.57. The Hall–Kier alpha value is -4.62. The second-order valence-corrected chi connectivity index (χ2v) is 10.0. The molecule has 5 heterocycles. The largest absolute Gasteiger partial charge is 0.483 e. The number of rotatable bonds is 6. The first-order chi connectivity index (χ1) is 18.9. The van der Waals surface area contributed by atoms with E-state index < -0.39 is 5.97 Å². The molecule has 14 heteroatoms. The highest BCUT2D eigenvalue weighted by molar-refractivity contribution is 7.10. The molecule has 0 amide bonds. The number of halogens is 1. The van der Waals surface area contributed by atoms with Crippen molar-refractivity contribution in [3.8, 4) is 28.1 Å². The minimum absolute atomic E-state index is 0.0127. The van der Waals surface area contributed by atoms with Crippen LogP contribution < -0.4 is 5.56 Å². The van der Waals surface area contributed by atoms with Crippen LogP contribution in [0.3, 0.4) is 0 Å². The van der Waals surface area contributed by atoms with Gasteiger partial charge in [-0.1, -0.05) is 11.6 Å². The third-order valence-electron chi connectivity index (χ3n) is 6.20. The van der Waals surface area contributed by atoms with E-state index in [1.165, 1.54) is 22.3 Å². The maximum atomic E-state index is 13.3. The van der Waals surface area contributed by atoms with Crippen molar-refractivity contribution >= 4 is 35.4 Å². The number of carboxylic acid groups (broad SMARTS) is 2. The van der Waals surface area contributed by atoms with Gasteiger partial charge in [-0.25, -0.2) is 4.98 Å². The van der Waals surface area contributed by atoms with Crippen molar-refractivity contribution in [2.75, 3.05) is 0 Å². The number of carboxylic acids is 1. The lowest BCUT2D eigenvalue weighted by atomic mass is 10.0. The van der Waals surface area contributed by atoms with Gasteiger partial charge >= 0.3 is 5.97 Å². The fraction of sp³-hybridized carbons (Fsp3) is 0.160. The van der Waals surface area contributed by atoms with E-state index in [9.17, 15) is 9.59 Å². The van der Waals surface area contributed by atoms with Crippen LogP contribution in [-0.2, 0) is 22.4 Å². The van der Waals surface area contributed by atoms with E-state index in [1.54, 1.807) is 29.0 Å². The van der Waals surface area contributed by atoms with Gasteiger partial charge in [0.2, 0.25) is 0 Å². The third-order valence-corrected chi connectivity index (χ3v) is 7.37. The fourth-order valence-electron chi connectivity index (χ4n) is 4.64. The van der Waals surface area contributed by atoms with Crippen LogP contribution in [-0.4, -0.2) is 57.4 Å². The van der Waals surface area contributed by atoms with Gasteiger partial charge in [0.25, 0.3) is 12.0 Å². The van der Waals surface area contributed by atoms with E-state index in [4.69, 9.17) is 26.6 Å². The van der Waals surface area contributed by atoms with Crippen LogP contribution in [0.15, 0.2) is 59.1 Å². The van der Waals surface area contributed by atoms with Gasteiger partial charge in [0, 0.05) is 38.2 Å². The highest BCUT2D eigenvalue weighted by Crippen LogP contribution is 2.34. The van der Waals surface area contributed by atoms with Gasteiger partial charge in [0.15, 0.2) is 0 Å². The van der Waals surface area contributed by atoms with Crippen LogP contribution in [0.25, 0.3) is 28.1 Å². The summed E-state index contributed by atoms with van der Waals surface area (Å²) in [7, 11) is 0. The monoisotopic (exact) mass is 565 g/mol. The Kier molecular flexibility index (Phi) is 7.34. The zero-order valence-corrected chi connectivity index (χ0v) is 21.6. The molecular formula is C25H20ClN7O5S. The van der Waals surface area contributed by atoms with Gasteiger partial charge < -0.3 is 19.8 Å². The van der Waals surface area contributed by atoms with Crippen LogP contribution in [0, 0.1) is 0 Å². The van der Waals surface area contributed by atoms with E-state index in [2.05, 4.69) is 25.5 Å². The molecule has 0 unspecified atom stereocenters. The number of pyridine rings is 1. The molecule has 1 atom stereocenters. The number of H-pyrrole nitrogens is 1. The fourth-order valence-corrected chi connectivity index (χ4v) is 5.68. The van der Waals surface area contributed by atoms with Crippen molar-refractivity contribution in [1.29, 1.82) is 0 Å². The molecular weight excluding hydrogens is 546 g/mol. The van der Waals surface area contributed by atoms with Crippen LogP contribution in [0.2, 0.25) is 5.02 Å². The average molecular weight is 566 g/mol. The van der Waals surface area contributed by atoms with Crippen LogP contribution >= 0.6 is 22.9 Å². The lowest BCUT2D eigenvalue weighted by molar-refractivity contribution is -0.136. The van der Waals surface area contributed by atoms with E-state index in [0.717, 1.165) is 45.1 Å². The average Bonchev–Trinajstić information content (AvgIpc) is 3.70. The number of nitrogens with zero attached hydrogens (tertiary/aromatic N) is 6. The molecule has 4 aromatic heterocycles. The molecule has 0 aliphatic carbocycles. The molecule has 0 bridgehead atoms. The van der Waals surface area contributed by atoms with Crippen LogP contribution in [0.1, 0.15) is 28.9 Å². The summed E-state index contributed by atoms with van der Waals surface area (Å²) in [6.07, 6.45) is 4.65. The van der Waals surface area contributed by atoms with Crippen LogP contribution in [0.4, 0.5) is 0 Å². The van der Waals surface area contributed by atoms with Gasteiger partial charge in [0.05, 0.1) is 30.0 Å². The van der Waals surface area contributed by atoms with Crippen molar-refractivity contribution in [3.63, 3.8) is 0 Å². The summed E-state index contributed by atoms with van der Waals surface area (Å²) in [6, 6.07) is 10.6. The van der Waals surface area contributed by atoms with Gasteiger partial charge in [-0.3, -0.25) is 14.4 Å². The smallest absolute Gasteiger partial charge is 0.308 e. The molecule has 1 aromatic carbocycles. The first kappa shape index (κ1) is 26.0. The molecule has 0 saturated carbocycles. The van der Waals surface area contributed by atoms with E-state index in [1.807, 2.05) is 23.6 Å². The number of aromatic nitrogens is 7. The first-order valence-corrected chi connectivity index (χ1v) is 12.8. The van der Waals surface area contributed by atoms with Gasteiger partial charge in [-0.15, -0.1) is 16.4 Å². The van der Waals surface area contributed by atoms with E-state index in [0.29, 0.717) is 17.3 Å². The second kappa shape index (κ2) is 11.0. The third kappa shape index (κ3) is 5.35. The predicted molar refractivity (Wildman–Crippen MR) is 142 cm³/mol. The summed E-state index contributed by atoms with van der Waals surface area (Å²) in [4.78, 5) is 41.3. The number of benzene rings is 1. The van der Waals surface area contributed by atoms with Crippen molar-refractivity contribution in [2.24, 2.45) is 0 Å². The molecule has 3 N–H and O–H groups in total. The summed E-state index contributed by atoms with van der Waals surface area (Å²) < 4.78 is 3.31. The number of thiophene rings is 1. The number of aliphatic carboxylic acids is 1. The van der Waals surface area contributed by atoms with Crippen molar-refractivity contribution in [3.05, 3.63) is 86.1 Å². The number of carbonyl (C=O) groups is 2. The van der Waals surface area contributed by atoms with Crippen LogP contribution in [0.5, 0.6) is 0 Å². The molecule has 12 nitrogen and oxygen atoms in total. The molecule has 0 fully saturated rings. The zero-order chi connectivity index (χ0) is 27.5. The minimum atomic E-state index is -0.863. The topological polar surface area (TPSA) is 169 Å². The number of fused-ring (bicyclic) bond motifs is 1. The number of imidazole rings is 1. The normalized spacial score (nSPS) is 13.9. The standard InChI is InChI=1S/C24H18ClN7O3S.CH2O2/c25-15-1-3-20(31-12-27-29-30-31)18(8-15)13-5-16-2-4-21(32(16)22(33)7-13)24-26-10-19(28-24)14-6-17(36-11-14)9-23(34)35;2-1-3/h1,3,5-8,10-12,21H,2,4,9H2,(H,26,28)(H,34,35);1H,(H,2,3)/t21-;/m0./s1. The van der Waals surface area contributed by atoms with Crippen molar-refractivity contribution in [2.45, 2.75) is 25.3 Å². The van der Waals surface area contributed by atoms with E-state index in [-0.39, 0.29) is 24.5 Å². The molecule has 198 valence electrons. The Morgan fingerprint density at radius 1 is 1.23 bits per heavy atom. The molecule has 1 aliphatic heterocycles. The van der Waals surface area contributed by atoms with Gasteiger partial charge in [-0.2, -0.15) is 4.68 Å². The Morgan fingerprint density at radius 3 is 2.79 bits per heavy atom. The summed E-state index contributed by atoms with van der Waals surface area (Å²) in [6.45, 7) is -0.250. The molecule has 39 heavy (non-hydrogen) atoms. The molecule has 0 radical (unpaired) electrons. The molecule has 1 aliphatic rings. The Balaban J connectivity index is 0.000000983. The molecule has 0 spiro atoms. The maximum Gasteiger partial charge on any atom is 0.308 e. The summed E-state index contributed by atoms with van der Waals surface area (Å²) in [5.74, 6) is -0.167. The predicted octanol–water partition coefficient (Wildman–Crippen LogP) is 3.46. The quantitative estimate of drug-likeness (QED) is 0.261. The number of tetrazole rings is 1. The van der Waals surface area contributed by atoms with Crippen molar-refractivity contribution in [1.82, 2.24) is 34.7 Å². The Bertz CT molecular complexity index is 1710. The number of hydrogen-bond acceptors (Lipinski definition) is 8. The lowest BCUT2D eigenvalue weighted by Crippen LogP contribution is -2.23. The number of hydrogen-bond donors (Lipinski definition) is 3. The highest BCUT2D eigenvalue weighted by Gasteiger charge is 2.28. The van der Waals surface area contributed by atoms with Crippen molar-refractivity contribution < 1.29 is 19.8 Å². The summed E-state index contributed by atoms with van der Waals surface area (Å²) in [5, 5.41) is 29.8. The Morgan fingerprint density at radius 2 is 2.05 bits per heavy atom. The highest BCUT2D eigenvalue weighted by atomic mass is 35.5. The summed E-state index contributed by atoms with van der Waals surface area (Å²) >= 11 is 7.68. The first-order valence-electron chi connectivity index (χ1n) is 11.6. The van der Waals surface area contributed by atoms with Gasteiger partial charge in [-0.05, 0) is 59.2 Å². The number of aryl methyl sites for hydroxylation is 1. The minimum Gasteiger partial charge on any atom is -0.483 e. The molecule has 5 aromatic rings. The van der Waals surface area contributed by atoms with E-state index >= 15 is 0 Å². The SMILES string of the molecule is O=C(O)Cc1cc(-c2cnc([C@@H]3CCc4cc(-c5cc(Cl)ccc5-n5cnnn5)cc(=O)n43)[nH]2)cs1.O=CO.